The highest BCUT2D eigenvalue weighted by atomic mass is 19.4. The van der Waals surface area contributed by atoms with Crippen molar-refractivity contribution in [3.8, 4) is 0 Å². The summed E-state index contributed by atoms with van der Waals surface area (Å²) in [5.74, 6) is -2.65. The molecule has 1 aliphatic rings. The molecule has 1 aliphatic heterocycles. The van der Waals surface area contributed by atoms with Gasteiger partial charge >= 0.3 is 12.2 Å². The van der Waals surface area contributed by atoms with E-state index in [1.54, 1.807) is 18.2 Å². The molecule has 12 heteroatoms. The number of aromatic nitrogens is 2. The lowest BCUT2D eigenvalue weighted by Crippen LogP contribution is -2.58. The lowest BCUT2D eigenvalue weighted by molar-refractivity contribution is -0.224. The van der Waals surface area contributed by atoms with Crippen molar-refractivity contribution >= 4 is 17.1 Å². The summed E-state index contributed by atoms with van der Waals surface area (Å²) in [6, 6.07) is 3.59. The van der Waals surface area contributed by atoms with E-state index in [0.717, 1.165) is 11.8 Å². The zero-order chi connectivity index (χ0) is 23.7. The molecule has 0 aliphatic carbocycles. The second kappa shape index (κ2) is 9.18. The minimum absolute atomic E-state index is 0.00376. The van der Waals surface area contributed by atoms with Crippen LogP contribution in [-0.2, 0) is 15.9 Å². The fraction of sp³-hybridized carbons (Fsp3) is 0.600. The molecule has 2 amide bonds. The monoisotopic (exact) mass is 464 g/mol. The number of halogens is 5. The number of hydrogen-bond donors (Lipinski definition) is 2. The number of hydrogen-bond acceptors (Lipinski definition) is 4. The summed E-state index contributed by atoms with van der Waals surface area (Å²) in [6.45, 7) is 0.988. The molecule has 3 rings (SSSR count). The number of amides is 2. The van der Waals surface area contributed by atoms with Crippen molar-refractivity contribution in [3.63, 3.8) is 0 Å². The Balaban J connectivity index is 1.80. The third-order valence-corrected chi connectivity index (χ3v) is 5.18. The molecule has 0 saturated carbocycles. The Labute approximate surface area is 181 Å². The number of H-pyrrole nitrogens is 1. The van der Waals surface area contributed by atoms with Crippen LogP contribution in [0.2, 0.25) is 0 Å². The maximum absolute atomic E-state index is 13.9. The number of carbonyl (C=O) groups excluding carboxylic acids is 1. The predicted octanol–water partition coefficient (Wildman–Crippen LogP) is 3.81. The highest BCUT2D eigenvalue weighted by Crippen LogP contribution is 2.30. The molecule has 1 fully saturated rings. The van der Waals surface area contributed by atoms with Crippen molar-refractivity contribution in [2.75, 3.05) is 26.8 Å². The first-order valence-electron chi connectivity index (χ1n) is 10.0. The molecule has 0 unspecified atom stereocenters. The Morgan fingerprint density at radius 1 is 1.28 bits per heavy atom. The van der Waals surface area contributed by atoms with E-state index in [1.807, 2.05) is 0 Å². The largest absolute Gasteiger partial charge is 0.414 e. The summed E-state index contributed by atoms with van der Waals surface area (Å²) in [4.78, 5) is 20.6. The second-order valence-corrected chi connectivity index (χ2v) is 7.91. The quantitative estimate of drug-likeness (QED) is 0.583. The Morgan fingerprint density at radius 2 is 2.00 bits per heavy atom. The van der Waals surface area contributed by atoms with Crippen LogP contribution in [0.1, 0.15) is 31.3 Å². The van der Waals surface area contributed by atoms with Gasteiger partial charge in [-0.05, 0) is 31.5 Å². The van der Waals surface area contributed by atoms with Crippen LogP contribution >= 0.6 is 0 Å². The van der Waals surface area contributed by atoms with E-state index in [2.05, 4.69) is 15.3 Å². The number of methoxy groups -OCH3 is 1. The van der Waals surface area contributed by atoms with Gasteiger partial charge in [-0.3, -0.25) is 0 Å². The van der Waals surface area contributed by atoms with Crippen LogP contribution in [-0.4, -0.2) is 72.0 Å². The number of nitrogens with zero attached hydrogens (tertiary/aromatic N) is 2. The first-order valence-corrected chi connectivity index (χ1v) is 10.0. The van der Waals surface area contributed by atoms with E-state index in [0.29, 0.717) is 22.4 Å². The summed E-state index contributed by atoms with van der Waals surface area (Å²) in [5.41, 5.74) is 1.65. The maximum atomic E-state index is 13.9. The Hall–Kier alpha value is -2.47. The molecule has 32 heavy (non-hydrogen) atoms. The van der Waals surface area contributed by atoms with Crippen molar-refractivity contribution in [2.24, 2.45) is 0 Å². The molecule has 1 aromatic heterocycles. The third kappa shape index (κ3) is 5.66. The molecule has 2 heterocycles. The first-order chi connectivity index (χ1) is 14.9. The number of rotatable bonds is 8. The molecule has 1 saturated heterocycles. The van der Waals surface area contributed by atoms with Gasteiger partial charge in [-0.15, -0.1) is 0 Å². The van der Waals surface area contributed by atoms with Crippen LogP contribution in [0.5, 0.6) is 0 Å². The van der Waals surface area contributed by atoms with Gasteiger partial charge in [0.25, 0.3) is 5.92 Å². The van der Waals surface area contributed by atoms with Gasteiger partial charge in [0.1, 0.15) is 5.82 Å². The zero-order valence-electron chi connectivity index (χ0n) is 17.8. The molecule has 178 valence electrons. The average molecular weight is 464 g/mol. The Morgan fingerprint density at radius 3 is 2.66 bits per heavy atom. The van der Waals surface area contributed by atoms with Crippen LogP contribution in [0.25, 0.3) is 11.0 Å². The number of alkyl halides is 5. The molecule has 7 nitrogen and oxygen atoms in total. The predicted molar refractivity (Wildman–Crippen MR) is 106 cm³/mol. The van der Waals surface area contributed by atoms with Crippen LogP contribution in [0.3, 0.4) is 0 Å². The van der Waals surface area contributed by atoms with E-state index in [1.165, 1.54) is 14.0 Å². The molecule has 0 spiro atoms. The number of fused-ring (bicyclic) bond motifs is 1. The van der Waals surface area contributed by atoms with E-state index in [-0.39, 0.29) is 13.0 Å². The van der Waals surface area contributed by atoms with Crippen molar-refractivity contribution in [2.45, 2.75) is 50.6 Å². The van der Waals surface area contributed by atoms with Gasteiger partial charge in [0, 0.05) is 13.5 Å². The summed E-state index contributed by atoms with van der Waals surface area (Å²) < 4.78 is 76.0. The number of nitrogens with one attached hydrogen (secondary N) is 2. The molecule has 1 aromatic carbocycles. The van der Waals surface area contributed by atoms with Crippen molar-refractivity contribution < 1.29 is 36.2 Å². The van der Waals surface area contributed by atoms with Crippen molar-refractivity contribution in [1.82, 2.24) is 20.2 Å². The van der Waals surface area contributed by atoms with Gasteiger partial charge in [0.2, 0.25) is 0 Å². The fourth-order valence-corrected chi connectivity index (χ4v) is 3.59. The molecule has 2 aromatic rings. The Bertz CT molecular complexity index is 949. The zero-order valence-corrected chi connectivity index (χ0v) is 17.8. The standard InChI is InChI=1S/C20H25F5N4O3/c1-11(32-12(2)20(23,24)25)6-17-27-14-5-4-13(7-15(14)28-17)16(8-31-3)29-10-19(21,22)9-26-18(29)30/h4-5,7,11-12,16H,6,8-10H2,1-3H3,(H,26,30)(H,27,28)/t11-,12+,16-/m1/s1. The molecule has 3 atom stereocenters. The molecular weight excluding hydrogens is 439 g/mol. The molecular formula is C20H25F5N4O3. The average Bonchev–Trinajstić information content (AvgIpc) is 3.08. The number of imidazole rings is 1. The maximum Gasteiger partial charge on any atom is 0.414 e. The number of ether oxygens (including phenoxy) is 2. The van der Waals surface area contributed by atoms with Crippen molar-refractivity contribution in [1.29, 1.82) is 0 Å². The SMILES string of the molecule is COC[C@H](c1ccc2nc(C[C@@H](C)O[C@@H](C)C(F)(F)F)[nH]c2c1)N1CC(F)(F)CNC1=O. The van der Waals surface area contributed by atoms with Gasteiger partial charge in [0.15, 0.2) is 6.10 Å². The highest BCUT2D eigenvalue weighted by molar-refractivity contribution is 5.78. The van der Waals surface area contributed by atoms with Crippen LogP contribution in [0.15, 0.2) is 18.2 Å². The van der Waals surface area contributed by atoms with E-state index >= 15 is 0 Å². The van der Waals surface area contributed by atoms with E-state index in [4.69, 9.17) is 9.47 Å². The summed E-state index contributed by atoms with van der Waals surface area (Å²) in [5, 5.41) is 2.19. The number of aromatic amines is 1. The molecule has 0 radical (unpaired) electrons. The fourth-order valence-electron chi connectivity index (χ4n) is 3.59. The Kier molecular flexibility index (Phi) is 6.94. The van der Waals surface area contributed by atoms with Crippen molar-refractivity contribution in [3.05, 3.63) is 29.6 Å². The lowest BCUT2D eigenvalue weighted by atomic mass is 10.0. The smallest absolute Gasteiger partial charge is 0.382 e. The minimum atomic E-state index is -4.45. The third-order valence-electron chi connectivity index (χ3n) is 5.18. The van der Waals surface area contributed by atoms with Gasteiger partial charge in [-0.25, -0.2) is 18.6 Å². The minimum Gasteiger partial charge on any atom is -0.382 e. The molecule has 0 bridgehead atoms. The lowest BCUT2D eigenvalue weighted by Gasteiger charge is -2.38. The highest BCUT2D eigenvalue weighted by Gasteiger charge is 2.42. The van der Waals surface area contributed by atoms with E-state index in [9.17, 15) is 26.7 Å². The summed E-state index contributed by atoms with van der Waals surface area (Å²) >= 11 is 0. The van der Waals surface area contributed by atoms with Gasteiger partial charge in [-0.1, -0.05) is 6.07 Å². The van der Waals surface area contributed by atoms with Crippen LogP contribution < -0.4 is 5.32 Å². The number of benzene rings is 1. The topological polar surface area (TPSA) is 79.5 Å². The van der Waals surface area contributed by atoms with Crippen LogP contribution in [0.4, 0.5) is 26.7 Å². The summed E-state index contributed by atoms with van der Waals surface area (Å²) in [7, 11) is 1.41. The van der Waals surface area contributed by atoms with Gasteiger partial charge < -0.3 is 24.7 Å². The second-order valence-electron chi connectivity index (χ2n) is 7.91. The number of carbonyl (C=O) groups is 1. The first kappa shape index (κ1) is 24.2. The summed E-state index contributed by atoms with van der Waals surface area (Å²) in [6.07, 6.45) is -6.98. The normalized spacial score (nSPS) is 19.6. The number of urea groups is 1. The van der Waals surface area contributed by atoms with Gasteiger partial charge in [-0.2, -0.15) is 13.2 Å². The van der Waals surface area contributed by atoms with Crippen LogP contribution in [0, 0.1) is 0 Å². The molecule has 2 N–H and O–H groups in total. The van der Waals surface area contributed by atoms with E-state index < -0.39 is 49.5 Å². The van der Waals surface area contributed by atoms with Gasteiger partial charge in [0.05, 0.1) is 42.9 Å².